The minimum Gasteiger partial charge on any atom is -0.399 e. The minimum absolute atomic E-state index is 0.141. The number of nitrogen functional groups attached to an aromatic ring is 1. The van der Waals surface area contributed by atoms with Gasteiger partial charge in [0.1, 0.15) is 5.82 Å². The molecule has 0 aliphatic carbocycles. The molecule has 0 spiro atoms. The van der Waals surface area contributed by atoms with Crippen molar-refractivity contribution in [2.24, 2.45) is 5.73 Å². The molecule has 0 fully saturated rings. The molecular formula is C16H18FN3O. The Morgan fingerprint density at radius 1 is 0.952 bits per heavy atom. The Morgan fingerprint density at radius 3 is 1.90 bits per heavy atom. The number of hydrogen-bond donors (Lipinski definition) is 2. The smallest absolute Gasteiger partial charge is 0.231 e. The summed E-state index contributed by atoms with van der Waals surface area (Å²) in [7, 11) is 0. The van der Waals surface area contributed by atoms with Crippen molar-refractivity contribution in [3.05, 3.63) is 65.5 Å². The van der Waals surface area contributed by atoms with Crippen LogP contribution >= 0.6 is 0 Å². The van der Waals surface area contributed by atoms with E-state index in [9.17, 15) is 9.18 Å². The zero-order valence-corrected chi connectivity index (χ0v) is 11.6. The molecule has 0 aromatic heterocycles. The van der Waals surface area contributed by atoms with Crippen LogP contribution < -0.4 is 11.5 Å². The summed E-state index contributed by atoms with van der Waals surface area (Å²) in [6.07, 6.45) is 0. The van der Waals surface area contributed by atoms with Gasteiger partial charge in [0, 0.05) is 18.8 Å². The molecule has 0 aliphatic heterocycles. The van der Waals surface area contributed by atoms with Gasteiger partial charge in [0.2, 0.25) is 5.91 Å². The standard InChI is InChI=1S/C16H18FN3O/c17-14-5-1-12(2-6-14)9-20(11-16(19)21)10-13-3-7-15(18)8-4-13/h1-8H,9-11,18H2,(H2,19,21). The fourth-order valence-corrected chi connectivity index (χ4v) is 2.12. The van der Waals surface area contributed by atoms with E-state index >= 15 is 0 Å². The van der Waals surface area contributed by atoms with Gasteiger partial charge in [-0.05, 0) is 35.4 Å². The summed E-state index contributed by atoms with van der Waals surface area (Å²) >= 11 is 0. The number of anilines is 1. The molecule has 0 bridgehead atoms. The molecule has 0 atom stereocenters. The fraction of sp³-hybridized carbons (Fsp3) is 0.188. The topological polar surface area (TPSA) is 72.4 Å². The predicted octanol–water partition coefficient (Wildman–Crippen LogP) is 1.90. The monoisotopic (exact) mass is 287 g/mol. The average molecular weight is 287 g/mol. The van der Waals surface area contributed by atoms with Crippen molar-refractivity contribution in [3.63, 3.8) is 0 Å². The molecular weight excluding hydrogens is 269 g/mol. The van der Waals surface area contributed by atoms with Crippen LogP contribution in [0, 0.1) is 5.82 Å². The van der Waals surface area contributed by atoms with Crippen LogP contribution in [-0.2, 0) is 17.9 Å². The maximum absolute atomic E-state index is 12.9. The summed E-state index contributed by atoms with van der Waals surface area (Å²) in [6, 6.07) is 13.7. The van der Waals surface area contributed by atoms with Crippen LogP contribution in [0.4, 0.5) is 10.1 Å². The van der Waals surface area contributed by atoms with E-state index in [0.29, 0.717) is 18.8 Å². The Morgan fingerprint density at radius 2 is 1.43 bits per heavy atom. The molecule has 4 nitrogen and oxygen atoms in total. The number of hydrogen-bond acceptors (Lipinski definition) is 3. The van der Waals surface area contributed by atoms with Crippen molar-refractivity contribution in [2.75, 3.05) is 12.3 Å². The van der Waals surface area contributed by atoms with E-state index in [1.165, 1.54) is 12.1 Å². The van der Waals surface area contributed by atoms with Crippen molar-refractivity contribution in [2.45, 2.75) is 13.1 Å². The lowest BCUT2D eigenvalue weighted by Crippen LogP contribution is -2.33. The summed E-state index contributed by atoms with van der Waals surface area (Å²) in [5.41, 5.74) is 13.6. The Hall–Kier alpha value is -2.40. The van der Waals surface area contributed by atoms with E-state index < -0.39 is 5.91 Å². The highest BCUT2D eigenvalue weighted by Gasteiger charge is 2.10. The van der Waals surface area contributed by atoms with Crippen LogP contribution in [0.15, 0.2) is 48.5 Å². The molecule has 0 heterocycles. The zero-order chi connectivity index (χ0) is 15.2. The lowest BCUT2D eigenvalue weighted by molar-refractivity contribution is -0.119. The van der Waals surface area contributed by atoms with Crippen LogP contribution in [0.25, 0.3) is 0 Å². The first-order valence-electron chi connectivity index (χ1n) is 6.62. The third kappa shape index (κ3) is 4.89. The van der Waals surface area contributed by atoms with Gasteiger partial charge in [-0.25, -0.2) is 4.39 Å². The summed E-state index contributed by atoms with van der Waals surface area (Å²) in [5, 5.41) is 0. The minimum atomic E-state index is -0.396. The van der Waals surface area contributed by atoms with Crippen molar-refractivity contribution in [1.82, 2.24) is 4.90 Å². The average Bonchev–Trinajstić information content (AvgIpc) is 2.43. The molecule has 0 saturated carbocycles. The van der Waals surface area contributed by atoms with E-state index in [2.05, 4.69) is 0 Å². The van der Waals surface area contributed by atoms with Crippen LogP contribution in [0.2, 0.25) is 0 Å². The van der Waals surface area contributed by atoms with Crippen molar-refractivity contribution >= 4 is 11.6 Å². The molecule has 2 aromatic carbocycles. The first kappa shape index (κ1) is 15.0. The van der Waals surface area contributed by atoms with Gasteiger partial charge in [0.25, 0.3) is 0 Å². The van der Waals surface area contributed by atoms with Gasteiger partial charge in [-0.2, -0.15) is 0 Å². The number of halogens is 1. The van der Waals surface area contributed by atoms with E-state index in [-0.39, 0.29) is 12.4 Å². The van der Waals surface area contributed by atoms with Crippen LogP contribution in [0.3, 0.4) is 0 Å². The molecule has 0 saturated heterocycles. The second-order valence-corrected chi connectivity index (χ2v) is 4.98. The number of carbonyl (C=O) groups excluding carboxylic acids is 1. The van der Waals surface area contributed by atoms with Gasteiger partial charge in [0.15, 0.2) is 0 Å². The molecule has 110 valence electrons. The number of amides is 1. The second-order valence-electron chi connectivity index (χ2n) is 4.98. The highest BCUT2D eigenvalue weighted by molar-refractivity contribution is 5.75. The number of nitrogens with two attached hydrogens (primary N) is 2. The number of primary amides is 1. The Balaban J connectivity index is 2.08. The fourth-order valence-electron chi connectivity index (χ4n) is 2.12. The lowest BCUT2D eigenvalue weighted by atomic mass is 10.1. The Bertz CT molecular complexity index is 548. The van der Waals surface area contributed by atoms with Crippen LogP contribution in [0.5, 0.6) is 0 Å². The van der Waals surface area contributed by atoms with E-state index in [1.54, 1.807) is 12.1 Å². The SMILES string of the molecule is NC(=O)CN(Cc1ccc(N)cc1)Cc1ccc(F)cc1. The van der Waals surface area contributed by atoms with Gasteiger partial charge in [0.05, 0.1) is 6.54 Å². The molecule has 21 heavy (non-hydrogen) atoms. The van der Waals surface area contributed by atoms with E-state index in [0.717, 1.165) is 11.1 Å². The van der Waals surface area contributed by atoms with Crippen molar-refractivity contribution < 1.29 is 9.18 Å². The number of nitrogens with zero attached hydrogens (tertiary/aromatic N) is 1. The molecule has 0 unspecified atom stereocenters. The number of carbonyl (C=O) groups is 1. The normalized spacial score (nSPS) is 10.8. The second kappa shape index (κ2) is 6.85. The van der Waals surface area contributed by atoms with Gasteiger partial charge >= 0.3 is 0 Å². The molecule has 5 heteroatoms. The summed E-state index contributed by atoms with van der Waals surface area (Å²) in [6.45, 7) is 1.23. The number of benzene rings is 2. The first-order valence-corrected chi connectivity index (χ1v) is 6.62. The summed E-state index contributed by atoms with van der Waals surface area (Å²) in [5.74, 6) is -0.675. The van der Waals surface area contributed by atoms with Crippen LogP contribution in [0.1, 0.15) is 11.1 Å². The van der Waals surface area contributed by atoms with E-state index in [1.807, 2.05) is 29.2 Å². The molecule has 4 N–H and O–H groups in total. The Labute approximate surface area is 123 Å². The third-order valence-corrected chi connectivity index (χ3v) is 3.08. The van der Waals surface area contributed by atoms with Crippen molar-refractivity contribution in [1.29, 1.82) is 0 Å². The van der Waals surface area contributed by atoms with Gasteiger partial charge in [-0.15, -0.1) is 0 Å². The van der Waals surface area contributed by atoms with Gasteiger partial charge < -0.3 is 11.5 Å². The molecule has 2 rings (SSSR count). The summed E-state index contributed by atoms with van der Waals surface area (Å²) in [4.78, 5) is 13.1. The van der Waals surface area contributed by atoms with Gasteiger partial charge in [-0.3, -0.25) is 9.69 Å². The molecule has 1 amide bonds. The molecule has 2 aromatic rings. The first-order chi connectivity index (χ1) is 10.0. The highest BCUT2D eigenvalue weighted by Crippen LogP contribution is 2.12. The van der Waals surface area contributed by atoms with Crippen LogP contribution in [-0.4, -0.2) is 17.4 Å². The van der Waals surface area contributed by atoms with E-state index in [4.69, 9.17) is 11.5 Å². The maximum atomic E-state index is 12.9. The number of rotatable bonds is 6. The van der Waals surface area contributed by atoms with Gasteiger partial charge in [-0.1, -0.05) is 24.3 Å². The Kier molecular flexibility index (Phi) is 4.90. The maximum Gasteiger partial charge on any atom is 0.231 e. The predicted molar refractivity (Wildman–Crippen MR) is 80.6 cm³/mol. The highest BCUT2D eigenvalue weighted by atomic mass is 19.1. The largest absolute Gasteiger partial charge is 0.399 e. The molecule has 0 radical (unpaired) electrons. The lowest BCUT2D eigenvalue weighted by Gasteiger charge is -2.21. The quantitative estimate of drug-likeness (QED) is 0.797. The third-order valence-electron chi connectivity index (χ3n) is 3.08. The summed E-state index contributed by atoms with van der Waals surface area (Å²) < 4.78 is 12.9. The van der Waals surface area contributed by atoms with Crippen molar-refractivity contribution in [3.8, 4) is 0 Å². The zero-order valence-electron chi connectivity index (χ0n) is 11.6. The molecule has 0 aliphatic rings.